The maximum absolute atomic E-state index is 5.05. The molecule has 0 atom stereocenters. The van der Waals surface area contributed by atoms with Gasteiger partial charge in [0.2, 0.25) is 0 Å². The molecule has 0 spiro atoms. The number of hydrogen-bond donors (Lipinski definition) is 1. The molecule has 0 aliphatic heterocycles. The van der Waals surface area contributed by atoms with Crippen LogP contribution in [0.25, 0.3) is 0 Å². The van der Waals surface area contributed by atoms with Gasteiger partial charge in [-0.3, -0.25) is 4.68 Å². The highest BCUT2D eigenvalue weighted by molar-refractivity contribution is 9.10. The lowest BCUT2D eigenvalue weighted by atomic mass is 10.2. The van der Waals surface area contributed by atoms with Crippen molar-refractivity contribution in [3.63, 3.8) is 0 Å². The topological polar surface area (TPSA) is 52.0 Å². The second-order valence-corrected chi connectivity index (χ2v) is 6.50. The Kier molecular flexibility index (Phi) is 6.22. The molecule has 5 nitrogen and oxygen atoms in total. The lowest BCUT2D eigenvalue weighted by Gasteiger charge is -2.07. The monoisotopic (exact) mass is 370 g/mol. The van der Waals surface area contributed by atoms with Gasteiger partial charge in [0.05, 0.1) is 12.3 Å². The summed E-state index contributed by atoms with van der Waals surface area (Å²) < 4.78 is 7.94. The van der Waals surface area contributed by atoms with Crippen molar-refractivity contribution in [1.82, 2.24) is 20.1 Å². The highest BCUT2D eigenvalue weighted by Crippen LogP contribution is 2.30. The quantitative estimate of drug-likeness (QED) is 0.759. The van der Waals surface area contributed by atoms with Crippen molar-refractivity contribution in [2.75, 3.05) is 20.3 Å². The van der Waals surface area contributed by atoms with Crippen LogP contribution in [0.3, 0.4) is 0 Å². The Morgan fingerprint density at radius 1 is 1.43 bits per heavy atom. The SMILES string of the molecule is COCCNCc1c(C)nn(C)c1Sc1ccc(Br)cn1. The number of ether oxygens (including phenoxy) is 1. The van der Waals surface area contributed by atoms with Crippen LogP contribution in [0, 0.1) is 6.92 Å². The molecule has 0 aliphatic carbocycles. The number of rotatable bonds is 7. The van der Waals surface area contributed by atoms with Gasteiger partial charge in [-0.1, -0.05) is 11.8 Å². The third kappa shape index (κ3) is 4.54. The molecule has 0 unspecified atom stereocenters. The zero-order valence-electron chi connectivity index (χ0n) is 12.4. The average molecular weight is 371 g/mol. The fraction of sp³-hybridized carbons (Fsp3) is 0.429. The van der Waals surface area contributed by atoms with Crippen molar-refractivity contribution >= 4 is 27.7 Å². The summed E-state index contributed by atoms with van der Waals surface area (Å²) in [4.78, 5) is 4.41. The van der Waals surface area contributed by atoms with Crippen molar-refractivity contribution in [1.29, 1.82) is 0 Å². The van der Waals surface area contributed by atoms with E-state index in [4.69, 9.17) is 4.74 Å². The average Bonchev–Trinajstić information content (AvgIpc) is 2.72. The van der Waals surface area contributed by atoms with Crippen LogP contribution in [0.15, 0.2) is 32.9 Å². The minimum Gasteiger partial charge on any atom is -0.383 e. The van der Waals surface area contributed by atoms with Crippen molar-refractivity contribution < 1.29 is 4.74 Å². The van der Waals surface area contributed by atoms with Crippen LogP contribution in [0.1, 0.15) is 11.3 Å². The molecule has 7 heteroatoms. The zero-order chi connectivity index (χ0) is 15.2. The predicted molar refractivity (Wildman–Crippen MR) is 87.6 cm³/mol. The first kappa shape index (κ1) is 16.5. The van der Waals surface area contributed by atoms with Gasteiger partial charge in [-0.2, -0.15) is 5.10 Å². The zero-order valence-corrected chi connectivity index (χ0v) is 14.8. The highest BCUT2D eigenvalue weighted by atomic mass is 79.9. The van der Waals surface area contributed by atoms with Gasteiger partial charge in [0.1, 0.15) is 10.1 Å². The number of aryl methyl sites for hydroxylation is 2. The summed E-state index contributed by atoms with van der Waals surface area (Å²) in [7, 11) is 3.67. The van der Waals surface area contributed by atoms with E-state index in [9.17, 15) is 0 Å². The van der Waals surface area contributed by atoms with E-state index < -0.39 is 0 Å². The van der Waals surface area contributed by atoms with Crippen LogP contribution in [0.5, 0.6) is 0 Å². The Morgan fingerprint density at radius 3 is 2.90 bits per heavy atom. The molecular formula is C14H19BrN4OS. The number of pyridine rings is 1. The molecule has 1 N–H and O–H groups in total. The van der Waals surface area contributed by atoms with Crippen molar-refractivity contribution in [2.45, 2.75) is 23.5 Å². The van der Waals surface area contributed by atoms with Gasteiger partial charge in [-0.05, 0) is 35.0 Å². The van der Waals surface area contributed by atoms with Gasteiger partial charge in [0.25, 0.3) is 0 Å². The number of nitrogens with one attached hydrogen (secondary N) is 1. The molecule has 0 bridgehead atoms. The van der Waals surface area contributed by atoms with E-state index in [0.29, 0.717) is 6.61 Å². The second-order valence-electron chi connectivity index (χ2n) is 4.58. The molecule has 2 aromatic rings. The summed E-state index contributed by atoms with van der Waals surface area (Å²) in [6, 6.07) is 3.99. The first-order valence-electron chi connectivity index (χ1n) is 6.63. The van der Waals surface area contributed by atoms with Crippen LogP contribution >= 0.6 is 27.7 Å². The Hall–Kier alpha value is -0.890. The molecule has 2 rings (SSSR count). The van der Waals surface area contributed by atoms with E-state index in [2.05, 4.69) is 31.3 Å². The van der Waals surface area contributed by atoms with Crippen LogP contribution in [-0.4, -0.2) is 35.0 Å². The highest BCUT2D eigenvalue weighted by Gasteiger charge is 2.14. The number of methoxy groups -OCH3 is 1. The maximum Gasteiger partial charge on any atom is 0.105 e. The summed E-state index contributed by atoms with van der Waals surface area (Å²) in [6.45, 7) is 4.34. The molecule has 0 aromatic carbocycles. The molecule has 0 saturated carbocycles. The smallest absolute Gasteiger partial charge is 0.105 e. The summed E-state index contributed by atoms with van der Waals surface area (Å²) in [5.41, 5.74) is 2.25. The third-order valence-electron chi connectivity index (χ3n) is 2.98. The van der Waals surface area contributed by atoms with E-state index >= 15 is 0 Å². The molecule has 114 valence electrons. The van der Waals surface area contributed by atoms with E-state index in [0.717, 1.165) is 33.3 Å². The van der Waals surface area contributed by atoms with Crippen molar-refractivity contribution in [2.24, 2.45) is 7.05 Å². The first-order valence-corrected chi connectivity index (χ1v) is 8.24. The number of aromatic nitrogens is 3. The first-order chi connectivity index (χ1) is 10.1. The lowest BCUT2D eigenvalue weighted by Crippen LogP contribution is -2.19. The van der Waals surface area contributed by atoms with E-state index in [1.807, 2.05) is 37.0 Å². The van der Waals surface area contributed by atoms with Crippen LogP contribution in [0.2, 0.25) is 0 Å². The third-order valence-corrected chi connectivity index (χ3v) is 4.60. The summed E-state index contributed by atoms with van der Waals surface area (Å²) in [5, 5.41) is 9.96. The lowest BCUT2D eigenvalue weighted by molar-refractivity contribution is 0.199. The van der Waals surface area contributed by atoms with Crippen LogP contribution < -0.4 is 5.32 Å². The summed E-state index contributed by atoms with van der Waals surface area (Å²) >= 11 is 5.03. The Bertz CT molecular complexity index is 585. The fourth-order valence-corrected chi connectivity index (χ4v) is 3.11. The number of hydrogen-bond acceptors (Lipinski definition) is 5. The molecule has 0 radical (unpaired) electrons. The Balaban J connectivity index is 2.12. The number of nitrogens with zero attached hydrogens (tertiary/aromatic N) is 3. The molecular weight excluding hydrogens is 352 g/mol. The van der Waals surface area contributed by atoms with Crippen molar-refractivity contribution in [3.8, 4) is 0 Å². The number of halogens is 1. The van der Waals surface area contributed by atoms with Gasteiger partial charge >= 0.3 is 0 Å². The molecule has 2 heterocycles. The van der Waals surface area contributed by atoms with E-state index in [-0.39, 0.29) is 0 Å². The minimum atomic E-state index is 0.704. The predicted octanol–water partition coefficient (Wildman–Crippen LogP) is 2.77. The largest absolute Gasteiger partial charge is 0.383 e. The fourth-order valence-electron chi connectivity index (χ4n) is 1.92. The molecule has 21 heavy (non-hydrogen) atoms. The molecule has 2 aromatic heterocycles. The van der Waals surface area contributed by atoms with Gasteiger partial charge < -0.3 is 10.1 Å². The van der Waals surface area contributed by atoms with Gasteiger partial charge in [-0.25, -0.2) is 4.98 Å². The normalized spacial score (nSPS) is 11.0. The molecule has 0 amide bonds. The Morgan fingerprint density at radius 2 is 2.24 bits per heavy atom. The second kappa shape index (κ2) is 7.93. The summed E-state index contributed by atoms with van der Waals surface area (Å²) in [6.07, 6.45) is 1.81. The van der Waals surface area contributed by atoms with Gasteiger partial charge in [0, 0.05) is 43.5 Å². The molecule has 0 aliphatic rings. The van der Waals surface area contributed by atoms with Gasteiger partial charge in [-0.15, -0.1) is 0 Å². The van der Waals surface area contributed by atoms with Gasteiger partial charge in [0.15, 0.2) is 0 Å². The maximum atomic E-state index is 5.05. The van der Waals surface area contributed by atoms with Crippen LogP contribution in [-0.2, 0) is 18.3 Å². The van der Waals surface area contributed by atoms with E-state index in [1.165, 1.54) is 5.56 Å². The minimum absolute atomic E-state index is 0.704. The van der Waals surface area contributed by atoms with E-state index in [1.54, 1.807) is 18.9 Å². The molecule has 0 saturated heterocycles. The van der Waals surface area contributed by atoms with Crippen LogP contribution in [0.4, 0.5) is 0 Å². The molecule has 0 fully saturated rings. The Labute approximate surface area is 137 Å². The standard InChI is InChI=1S/C14H19BrN4OS/c1-10-12(9-16-6-7-20-3)14(19(2)18-10)21-13-5-4-11(15)8-17-13/h4-5,8,16H,6-7,9H2,1-3H3. The summed E-state index contributed by atoms with van der Waals surface area (Å²) in [5.74, 6) is 0. The van der Waals surface area contributed by atoms with Crippen molar-refractivity contribution in [3.05, 3.63) is 34.1 Å².